The molecule has 1 heterocycles. The first-order valence-corrected chi connectivity index (χ1v) is 7.54. The van der Waals surface area contributed by atoms with E-state index >= 15 is 0 Å². The van der Waals surface area contributed by atoms with E-state index in [1.54, 1.807) is 0 Å². The summed E-state index contributed by atoms with van der Waals surface area (Å²) in [6.07, 6.45) is 8.44. The van der Waals surface area contributed by atoms with E-state index < -0.39 is 0 Å². The number of rotatable bonds is 5. The van der Waals surface area contributed by atoms with Crippen molar-refractivity contribution in [2.45, 2.75) is 57.5 Å². The SMILES string of the molecule is CC(CCNC1CCCCC1)N1CCNCC1. The maximum absolute atomic E-state index is 3.75. The molecule has 2 N–H and O–H groups in total. The van der Waals surface area contributed by atoms with Gasteiger partial charge in [-0.1, -0.05) is 19.3 Å². The van der Waals surface area contributed by atoms with Crippen LogP contribution in [0.4, 0.5) is 0 Å². The van der Waals surface area contributed by atoms with Crippen LogP contribution < -0.4 is 10.6 Å². The molecule has 1 saturated heterocycles. The fourth-order valence-corrected chi connectivity index (χ4v) is 3.11. The Balaban J connectivity index is 1.57. The van der Waals surface area contributed by atoms with E-state index in [9.17, 15) is 0 Å². The molecule has 1 aliphatic heterocycles. The third-order valence-corrected chi connectivity index (χ3v) is 4.38. The quantitative estimate of drug-likeness (QED) is 0.763. The first-order chi connectivity index (χ1) is 8.36. The molecule has 0 aromatic heterocycles. The minimum Gasteiger partial charge on any atom is -0.314 e. The predicted molar refractivity (Wildman–Crippen MR) is 73.4 cm³/mol. The van der Waals surface area contributed by atoms with Crippen molar-refractivity contribution in [3.8, 4) is 0 Å². The van der Waals surface area contributed by atoms with E-state index in [4.69, 9.17) is 0 Å². The third-order valence-electron chi connectivity index (χ3n) is 4.38. The van der Waals surface area contributed by atoms with Gasteiger partial charge in [0, 0.05) is 38.3 Å². The summed E-state index contributed by atoms with van der Waals surface area (Å²) in [5.41, 5.74) is 0. The lowest BCUT2D eigenvalue weighted by Crippen LogP contribution is -2.48. The lowest BCUT2D eigenvalue weighted by molar-refractivity contribution is 0.174. The number of hydrogen-bond acceptors (Lipinski definition) is 3. The van der Waals surface area contributed by atoms with Gasteiger partial charge in [-0.2, -0.15) is 0 Å². The highest BCUT2D eigenvalue weighted by molar-refractivity contribution is 4.76. The zero-order chi connectivity index (χ0) is 11.9. The third kappa shape index (κ3) is 4.57. The summed E-state index contributed by atoms with van der Waals surface area (Å²) in [6, 6.07) is 1.56. The van der Waals surface area contributed by atoms with Gasteiger partial charge < -0.3 is 10.6 Å². The Kier molecular flexibility index (Phi) is 5.75. The minimum absolute atomic E-state index is 0.744. The minimum atomic E-state index is 0.744. The normalized spacial score (nSPS) is 25.9. The van der Waals surface area contributed by atoms with Crippen molar-refractivity contribution in [1.82, 2.24) is 15.5 Å². The summed E-state index contributed by atoms with van der Waals surface area (Å²) in [7, 11) is 0. The molecular formula is C14H29N3. The van der Waals surface area contributed by atoms with Crippen molar-refractivity contribution in [2.75, 3.05) is 32.7 Å². The van der Waals surface area contributed by atoms with Crippen molar-refractivity contribution in [3.63, 3.8) is 0 Å². The second-order valence-corrected chi connectivity index (χ2v) is 5.71. The van der Waals surface area contributed by atoms with E-state index in [1.807, 2.05) is 0 Å². The second-order valence-electron chi connectivity index (χ2n) is 5.71. The molecule has 2 rings (SSSR count). The number of hydrogen-bond donors (Lipinski definition) is 2. The monoisotopic (exact) mass is 239 g/mol. The van der Waals surface area contributed by atoms with Crippen LogP contribution in [0.3, 0.4) is 0 Å². The first-order valence-electron chi connectivity index (χ1n) is 7.54. The highest BCUT2D eigenvalue weighted by atomic mass is 15.2. The Labute approximate surface area is 106 Å². The van der Waals surface area contributed by atoms with E-state index in [0.717, 1.165) is 12.1 Å². The molecular weight excluding hydrogens is 210 g/mol. The number of nitrogens with zero attached hydrogens (tertiary/aromatic N) is 1. The van der Waals surface area contributed by atoms with Crippen LogP contribution in [0, 0.1) is 0 Å². The van der Waals surface area contributed by atoms with Gasteiger partial charge in [-0.25, -0.2) is 0 Å². The summed E-state index contributed by atoms with van der Waals surface area (Å²) in [5.74, 6) is 0. The Bertz CT molecular complexity index is 196. The molecule has 100 valence electrons. The maximum Gasteiger partial charge on any atom is 0.0110 e. The molecule has 0 amide bonds. The molecule has 0 aromatic carbocycles. The molecule has 17 heavy (non-hydrogen) atoms. The van der Waals surface area contributed by atoms with E-state index in [0.29, 0.717) is 0 Å². The number of piperazine rings is 1. The zero-order valence-corrected chi connectivity index (χ0v) is 11.4. The standard InChI is InChI=1S/C14H29N3/c1-13(17-11-9-15-10-12-17)7-8-16-14-5-3-2-4-6-14/h13-16H,2-12H2,1H3. The molecule has 3 nitrogen and oxygen atoms in total. The van der Waals surface area contributed by atoms with Gasteiger partial charge in [-0.15, -0.1) is 0 Å². The topological polar surface area (TPSA) is 27.3 Å². The molecule has 1 unspecified atom stereocenters. The molecule has 2 fully saturated rings. The second kappa shape index (κ2) is 7.34. The predicted octanol–water partition coefficient (Wildman–Crippen LogP) is 1.59. The van der Waals surface area contributed by atoms with Crippen LogP contribution in [-0.4, -0.2) is 49.7 Å². The van der Waals surface area contributed by atoms with Crippen LogP contribution in [0.2, 0.25) is 0 Å². The molecule has 1 aliphatic carbocycles. The van der Waals surface area contributed by atoms with E-state index in [2.05, 4.69) is 22.5 Å². The highest BCUT2D eigenvalue weighted by Gasteiger charge is 2.17. The van der Waals surface area contributed by atoms with Crippen molar-refractivity contribution < 1.29 is 0 Å². The van der Waals surface area contributed by atoms with Gasteiger partial charge >= 0.3 is 0 Å². The van der Waals surface area contributed by atoms with Crippen molar-refractivity contribution in [2.24, 2.45) is 0 Å². The smallest absolute Gasteiger partial charge is 0.0110 e. The van der Waals surface area contributed by atoms with Gasteiger partial charge in [0.25, 0.3) is 0 Å². The fourth-order valence-electron chi connectivity index (χ4n) is 3.11. The molecule has 2 aliphatic rings. The average Bonchev–Trinajstić information content (AvgIpc) is 2.41. The Morgan fingerprint density at radius 3 is 2.59 bits per heavy atom. The van der Waals surface area contributed by atoms with Crippen LogP contribution in [0.5, 0.6) is 0 Å². The highest BCUT2D eigenvalue weighted by Crippen LogP contribution is 2.17. The van der Waals surface area contributed by atoms with Gasteiger partial charge in [0.2, 0.25) is 0 Å². The summed E-state index contributed by atoms with van der Waals surface area (Å²) >= 11 is 0. The molecule has 0 radical (unpaired) electrons. The zero-order valence-electron chi connectivity index (χ0n) is 11.4. The summed E-state index contributed by atoms with van der Waals surface area (Å²) in [4.78, 5) is 2.62. The van der Waals surface area contributed by atoms with Gasteiger partial charge in [-0.05, 0) is 32.7 Å². The van der Waals surface area contributed by atoms with Crippen molar-refractivity contribution in [1.29, 1.82) is 0 Å². The maximum atomic E-state index is 3.75. The Hall–Kier alpha value is -0.120. The molecule has 0 spiro atoms. The van der Waals surface area contributed by atoms with E-state index in [1.165, 1.54) is 71.2 Å². The summed E-state index contributed by atoms with van der Waals surface area (Å²) in [5, 5.41) is 7.17. The van der Waals surface area contributed by atoms with Crippen molar-refractivity contribution >= 4 is 0 Å². The molecule has 0 bridgehead atoms. The lowest BCUT2D eigenvalue weighted by atomic mass is 9.95. The Morgan fingerprint density at radius 2 is 1.88 bits per heavy atom. The summed E-state index contributed by atoms with van der Waals surface area (Å²) in [6.45, 7) is 8.37. The van der Waals surface area contributed by atoms with Crippen LogP contribution in [0.15, 0.2) is 0 Å². The van der Waals surface area contributed by atoms with Gasteiger partial charge in [0.05, 0.1) is 0 Å². The van der Waals surface area contributed by atoms with Crippen LogP contribution in [-0.2, 0) is 0 Å². The molecule has 0 aromatic rings. The van der Waals surface area contributed by atoms with Gasteiger partial charge in [0.15, 0.2) is 0 Å². The van der Waals surface area contributed by atoms with Crippen molar-refractivity contribution in [3.05, 3.63) is 0 Å². The van der Waals surface area contributed by atoms with Crippen LogP contribution >= 0.6 is 0 Å². The fraction of sp³-hybridized carbons (Fsp3) is 1.00. The first kappa shape index (κ1) is 13.3. The van der Waals surface area contributed by atoms with E-state index in [-0.39, 0.29) is 0 Å². The van der Waals surface area contributed by atoms with Gasteiger partial charge in [-0.3, -0.25) is 4.90 Å². The molecule has 3 heteroatoms. The summed E-state index contributed by atoms with van der Waals surface area (Å²) < 4.78 is 0. The van der Waals surface area contributed by atoms with Crippen LogP contribution in [0.1, 0.15) is 45.4 Å². The molecule has 1 saturated carbocycles. The largest absolute Gasteiger partial charge is 0.314 e. The lowest BCUT2D eigenvalue weighted by Gasteiger charge is -2.33. The number of nitrogens with one attached hydrogen (secondary N) is 2. The Morgan fingerprint density at radius 1 is 1.18 bits per heavy atom. The van der Waals surface area contributed by atoms with Crippen LogP contribution in [0.25, 0.3) is 0 Å². The average molecular weight is 239 g/mol. The molecule has 1 atom stereocenters. The van der Waals surface area contributed by atoms with Gasteiger partial charge in [0.1, 0.15) is 0 Å².